The molecule has 1 amide bonds. The highest BCUT2D eigenvalue weighted by Crippen LogP contribution is 2.22. The lowest BCUT2D eigenvalue weighted by molar-refractivity contribution is 0.0740. The van der Waals surface area contributed by atoms with E-state index in [2.05, 4.69) is 15.3 Å². The molecule has 0 spiro atoms. The molecule has 4 rings (SSSR count). The molecule has 2 aromatic carbocycles. The minimum Gasteiger partial charge on any atom is -0.324 e. The Kier molecular flexibility index (Phi) is 5.23. The average molecular weight is 394 g/mol. The molecule has 28 heavy (non-hydrogen) atoms. The number of amides is 1. The number of halogens is 1. The number of hydrogen-bond donors (Lipinski definition) is 2. The van der Waals surface area contributed by atoms with Crippen molar-refractivity contribution in [3.8, 4) is 11.3 Å². The largest absolute Gasteiger partial charge is 0.324 e. The fourth-order valence-electron chi connectivity index (χ4n) is 3.24. The Balaban J connectivity index is 1.48. The molecule has 0 radical (unpaired) electrons. The third kappa shape index (κ3) is 3.98. The van der Waals surface area contributed by atoms with Crippen LogP contribution < -0.4 is 11.1 Å². The molecule has 3 N–H and O–H groups in total. The van der Waals surface area contributed by atoms with Crippen molar-refractivity contribution < 1.29 is 4.79 Å². The summed E-state index contributed by atoms with van der Waals surface area (Å²) in [7, 11) is 0. The minimum absolute atomic E-state index is 0.0301. The van der Waals surface area contributed by atoms with Gasteiger partial charge in [-0.05, 0) is 55.3 Å². The molecule has 0 bridgehead atoms. The van der Waals surface area contributed by atoms with Gasteiger partial charge in [-0.1, -0.05) is 23.7 Å². The van der Waals surface area contributed by atoms with Crippen LogP contribution in [0.1, 0.15) is 23.2 Å². The van der Waals surface area contributed by atoms with E-state index < -0.39 is 0 Å². The smallest absolute Gasteiger partial charge is 0.255 e. The number of likely N-dealkylation sites (tertiary alicyclic amines) is 1. The van der Waals surface area contributed by atoms with Crippen LogP contribution in [-0.2, 0) is 0 Å². The molecule has 1 aliphatic heterocycles. The molecule has 7 heteroatoms. The van der Waals surface area contributed by atoms with E-state index in [1.165, 1.54) is 0 Å². The van der Waals surface area contributed by atoms with E-state index in [9.17, 15) is 4.79 Å². The first-order valence-corrected chi connectivity index (χ1v) is 9.50. The maximum atomic E-state index is 12.5. The van der Waals surface area contributed by atoms with Crippen molar-refractivity contribution in [2.24, 2.45) is 5.73 Å². The van der Waals surface area contributed by atoms with Crippen LogP contribution >= 0.6 is 11.6 Å². The fourth-order valence-corrected chi connectivity index (χ4v) is 3.36. The number of anilines is 2. The number of carbonyl (C=O) groups excluding carboxylic acids is 1. The van der Waals surface area contributed by atoms with Gasteiger partial charge in [0.05, 0.1) is 11.9 Å². The van der Waals surface area contributed by atoms with E-state index in [1.54, 1.807) is 23.2 Å². The van der Waals surface area contributed by atoms with Gasteiger partial charge in [0.2, 0.25) is 5.95 Å². The van der Waals surface area contributed by atoms with Crippen molar-refractivity contribution in [2.75, 3.05) is 11.9 Å². The topological polar surface area (TPSA) is 84.1 Å². The lowest BCUT2D eigenvalue weighted by Crippen LogP contribution is -2.40. The van der Waals surface area contributed by atoms with Gasteiger partial charge in [0.15, 0.2) is 0 Å². The Morgan fingerprint density at radius 1 is 1.11 bits per heavy atom. The summed E-state index contributed by atoms with van der Waals surface area (Å²) in [5.74, 6) is 0.450. The Labute approximate surface area is 168 Å². The van der Waals surface area contributed by atoms with Crippen LogP contribution in [0.3, 0.4) is 0 Å². The van der Waals surface area contributed by atoms with Crippen molar-refractivity contribution in [3.63, 3.8) is 0 Å². The van der Waals surface area contributed by atoms with E-state index in [0.717, 1.165) is 29.8 Å². The van der Waals surface area contributed by atoms with E-state index in [0.29, 0.717) is 23.1 Å². The van der Waals surface area contributed by atoms with Crippen molar-refractivity contribution in [1.82, 2.24) is 14.9 Å². The second-order valence-corrected chi connectivity index (χ2v) is 7.12. The molecular weight excluding hydrogens is 374 g/mol. The van der Waals surface area contributed by atoms with E-state index in [-0.39, 0.29) is 12.1 Å². The average Bonchev–Trinajstić information content (AvgIpc) is 3.15. The molecule has 1 unspecified atom stereocenters. The lowest BCUT2D eigenvalue weighted by Gasteiger charge is -2.21. The number of rotatable bonds is 4. The van der Waals surface area contributed by atoms with Crippen molar-refractivity contribution >= 4 is 29.1 Å². The molecule has 1 aliphatic rings. The van der Waals surface area contributed by atoms with Gasteiger partial charge in [0, 0.05) is 34.6 Å². The van der Waals surface area contributed by atoms with E-state index in [4.69, 9.17) is 17.3 Å². The summed E-state index contributed by atoms with van der Waals surface area (Å²) >= 11 is 5.94. The number of nitrogens with zero attached hydrogens (tertiary/aromatic N) is 3. The third-order valence-corrected chi connectivity index (χ3v) is 5.00. The van der Waals surface area contributed by atoms with Gasteiger partial charge >= 0.3 is 0 Å². The minimum atomic E-state index is -0.186. The molecule has 1 fully saturated rings. The van der Waals surface area contributed by atoms with Crippen LogP contribution in [-0.4, -0.2) is 33.5 Å². The van der Waals surface area contributed by atoms with Crippen LogP contribution in [0.25, 0.3) is 11.3 Å². The van der Waals surface area contributed by atoms with Crippen LogP contribution in [0, 0.1) is 0 Å². The molecule has 0 saturated carbocycles. The summed E-state index contributed by atoms with van der Waals surface area (Å²) in [5, 5.41) is 3.85. The Morgan fingerprint density at radius 3 is 2.54 bits per heavy atom. The lowest BCUT2D eigenvalue weighted by atomic mass is 10.1. The zero-order chi connectivity index (χ0) is 19.5. The van der Waals surface area contributed by atoms with Gasteiger partial charge in [-0.3, -0.25) is 4.79 Å². The molecule has 1 saturated heterocycles. The zero-order valence-corrected chi connectivity index (χ0v) is 15.9. The monoisotopic (exact) mass is 393 g/mol. The molecule has 1 aromatic heterocycles. The van der Waals surface area contributed by atoms with Crippen molar-refractivity contribution in [3.05, 3.63) is 71.4 Å². The predicted octanol–water partition coefficient (Wildman–Crippen LogP) is 4.06. The third-order valence-electron chi connectivity index (χ3n) is 4.74. The Bertz CT molecular complexity index is 975. The predicted molar refractivity (Wildman–Crippen MR) is 110 cm³/mol. The highest BCUT2D eigenvalue weighted by Gasteiger charge is 2.26. The van der Waals surface area contributed by atoms with Crippen LogP contribution in [0.5, 0.6) is 0 Å². The maximum Gasteiger partial charge on any atom is 0.255 e. The van der Waals surface area contributed by atoms with Gasteiger partial charge in [-0.15, -0.1) is 0 Å². The van der Waals surface area contributed by atoms with Gasteiger partial charge in [-0.25, -0.2) is 9.97 Å². The normalized spacial score (nSPS) is 16.2. The number of aromatic nitrogens is 2. The highest BCUT2D eigenvalue weighted by atomic mass is 35.5. The van der Waals surface area contributed by atoms with E-state index in [1.807, 2.05) is 42.5 Å². The number of benzene rings is 2. The molecule has 0 aliphatic carbocycles. The number of nitrogens with one attached hydrogen (secondary N) is 1. The van der Waals surface area contributed by atoms with Crippen LogP contribution in [0.4, 0.5) is 11.6 Å². The standard InChI is InChI=1S/C21H20ClN5O/c22-16-7-3-14(4-8-16)18-11-12-24-21(26-18)25-17-9-5-15(6-10-17)20(28)27-13-1-2-19(27)23/h3-12,19H,1-2,13,23H2,(H,24,25,26). The first-order valence-electron chi connectivity index (χ1n) is 9.13. The summed E-state index contributed by atoms with van der Waals surface area (Å²) in [5.41, 5.74) is 9.17. The molecule has 142 valence electrons. The number of nitrogens with two attached hydrogens (primary N) is 1. The SMILES string of the molecule is NC1CCCN1C(=O)c1ccc(Nc2nccc(-c3ccc(Cl)cc3)n2)cc1. The second-order valence-electron chi connectivity index (χ2n) is 6.68. The van der Waals surface area contributed by atoms with Gasteiger partial charge < -0.3 is 16.0 Å². The number of carbonyl (C=O) groups is 1. The number of hydrogen-bond acceptors (Lipinski definition) is 5. The summed E-state index contributed by atoms with van der Waals surface area (Å²) in [4.78, 5) is 23.1. The van der Waals surface area contributed by atoms with Crippen LogP contribution in [0.2, 0.25) is 5.02 Å². The molecule has 2 heterocycles. The van der Waals surface area contributed by atoms with Gasteiger partial charge in [0.25, 0.3) is 5.91 Å². The first-order chi connectivity index (χ1) is 13.6. The molecule has 6 nitrogen and oxygen atoms in total. The Morgan fingerprint density at radius 2 is 1.86 bits per heavy atom. The van der Waals surface area contributed by atoms with Gasteiger partial charge in [0.1, 0.15) is 0 Å². The fraction of sp³-hybridized carbons (Fsp3) is 0.190. The van der Waals surface area contributed by atoms with Crippen LogP contribution in [0.15, 0.2) is 60.8 Å². The second kappa shape index (κ2) is 7.96. The van der Waals surface area contributed by atoms with Crippen molar-refractivity contribution in [2.45, 2.75) is 19.0 Å². The quantitative estimate of drug-likeness (QED) is 0.698. The van der Waals surface area contributed by atoms with E-state index >= 15 is 0 Å². The Hall–Kier alpha value is -2.96. The summed E-state index contributed by atoms with van der Waals surface area (Å²) in [6, 6.07) is 16.6. The zero-order valence-electron chi connectivity index (χ0n) is 15.2. The van der Waals surface area contributed by atoms with Crippen molar-refractivity contribution in [1.29, 1.82) is 0 Å². The first kappa shape index (κ1) is 18.4. The molecular formula is C21H20ClN5O. The summed E-state index contributed by atoms with van der Waals surface area (Å²) in [6.45, 7) is 0.714. The molecule has 1 atom stereocenters. The van der Waals surface area contributed by atoms with Gasteiger partial charge in [-0.2, -0.15) is 0 Å². The summed E-state index contributed by atoms with van der Waals surface area (Å²) < 4.78 is 0. The summed E-state index contributed by atoms with van der Waals surface area (Å²) in [6.07, 6.45) is 3.32. The molecule has 3 aromatic rings. The highest BCUT2D eigenvalue weighted by molar-refractivity contribution is 6.30. The maximum absolute atomic E-state index is 12.5.